The van der Waals surface area contributed by atoms with Crippen LogP contribution < -0.4 is 5.32 Å². The van der Waals surface area contributed by atoms with Crippen LogP contribution in [0.2, 0.25) is 0 Å². The number of rotatable bonds is 8. The minimum absolute atomic E-state index is 0.0846. The fraction of sp³-hybridized carbons (Fsp3) is 0.259. The van der Waals surface area contributed by atoms with Crippen molar-refractivity contribution in [3.63, 3.8) is 0 Å². The number of carbonyl (C=O) groups is 2. The Kier molecular flexibility index (Phi) is 6.75. The lowest BCUT2D eigenvalue weighted by Crippen LogP contribution is -2.49. The zero-order valence-electron chi connectivity index (χ0n) is 18.3. The lowest BCUT2D eigenvalue weighted by atomic mass is 9.93. The first-order chi connectivity index (χ1) is 16.0. The third kappa shape index (κ3) is 4.91. The molecule has 0 radical (unpaired) electrons. The molecule has 3 atom stereocenters. The van der Waals surface area contributed by atoms with Crippen LogP contribution in [0.1, 0.15) is 29.5 Å². The van der Waals surface area contributed by atoms with Crippen LogP contribution >= 0.6 is 0 Å². The zero-order chi connectivity index (χ0) is 23.4. The van der Waals surface area contributed by atoms with Crippen molar-refractivity contribution >= 4 is 12.1 Å². The summed E-state index contributed by atoms with van der Waals surface area (Å²) in [4.78, 5) is 24.1. The molecular weight excluding hydrogens is 418 g/mol. The van der Waals surface area contributed by atoms with Gasteiger partial charge in [-0.1, -0.05) is 78.9 Å². The monoisotopic (exact) mass is 445 g/mol. The van der Waals surface area contributed by atoms with Crippen molar-refractivity contribution in [2.75, 3.05) is 6.61 Å². The number of carboxylic acids is 1. The van der Waals surface area contributed by atoms with Crippen molar-refractivity contribution in [1.82, 2.24) is 5.32 Å². The van der Waals surface area contributed by atoms with E-state index in [1.165, 1.54) is 6.92 Å². The van der Waals surface area contributed by atoms with Gasteiger partial charge in [-0.15, -0.1) is 0 Å². The van der Waals surface area contributed by atoms with Gasteiger partial charge in [-0.3, -0.25) is 4.79 Å². The van der Waals surface area contributed by atoms with Gasteiger partial charge in [-0.2, -0.15) is 0 Å². The van der Waals surface area contributed by atoms with Gasteiger partial charge >= 0.3 is 12.1 Å². The molecule has 0 bridgehead atoms. The Labute approximate surface area is 192 Å². The summed E-state index contributed by atoms with van der Waals surface area (Å²) in [5.74, 6) is -2.26. The average Bonchev–Trinajstić information content (AvgIpc) is 3.15. The molecule has 0 heterocycles. The molecule has 6 nitrogen and oxygen atoms in total. The van der Waals surface area contributed by atoms with Crippen LogP contribution in [-0.4, -0.2) is 41.0 Å². The zero-order valence-corrected chi connectivity index (χ0v) is 18.3. The number of hydrogen-bond donors (Lipinski definition) is 3. The molecule has 0 fully saturated rings. The second kappa shape index (κ2) is 9.88. The van der Waals surface area contributed by atoms with E-state index >= 15 is 0 Å². The van der Waals surface area contributed by atoms with Crippen molar-refractivity contribution in [2.24, 2.45) is 5.92 Å². The van der Waals surface area contributed by atoms with Crippen molar-refractivity contribution in [2.45, 2.75) is 31.4 Å². The summed E-state index contributed by atoms with van der Waals surface area (Å²) in [6.07, 6.45) is -1.68. The fourth-order valence-electron chi connectivity index (χ4n) is 4.41. The van der Waals surface area contributed by atoms with Crippen molar-refractivity contribution in [3.05, 3.63) is 95.6 Å². The Bertz CT molecular complexity index is 1080. The maximum atomic E-state index is 12.7. The molecule has 0 saturated heterocycles. The minimum atomic E-state index is -1.27. The molecule has 1 aliphatic carbocycles. The number of benzene rings is 3. The first-order valence-corrected chi connectivity index (χ1v) is 11.0. The van der Waals surface area contributed by atoms with Crippen LogP contribution in [0.25, 0.3) is 11.1 Å². The van der Waals surface area contributed by atoms with Gasteiger partial charge in [-0.25, -0.2) is 4.79 Å². The van der Waals surface area contributed by atoms with Gasteiger partial charge in [0.25, 0.3) is 0 Å². The predicted molar refractivity (Wildman–Crippen MR) is 125 cm³/mol. The molecule has 0 spiro atoms. The fourth-order valence-corrected chi connectivity index (χ4v) is 4.41. The summed E-state index contributed by atoms with van der Waals surface area (Å²) in [6.45, 7) is 1.56. The summed E-state index contributed by atoms with van der Waals surface area (Å²) >= 11 is 0. The number of ether oxygens (including phenoxy) is 1. The SMILES string of the molecule is C[C@H](C(=O)O)[C@H](O)[C@@H](Cc1ccccc1)NC(=O)OCC1c2ccccc2-c2ccccc21. The number of aliphatic hydroxyl groups excluding tert-OH is 1. The largest absolute Gasteiger partial charge is 0.481 e. The number of nitrogens with one attached hydrogen (secondary N) is 1. The van der Waals surface area contributed by atoms with Gasteiger partial charge in [-0.05, 0) is 41.2 Å². The number of hydrogen-bond acceptors (Lipinski definition) is 4. The predicted octanol–water partition coefficient (Wildman–Crippen LogP) is 4.22. The van der Waals surface area contributed by atoms with Crippen molar-refractivity contribution in [3.8, 4) is 11.1 Å². The quantitative estimate of drug-likeness (QED) is 0.483. The van der Waals surface area contributed by atoms with Crippen LogP contribution in [0, 0.1) is 5.92 Å². The Morgan fingerprint density at radius 2 is 1.45 bits per heavy atom. The highest BCUT2D eigenvalue weighted by Gasteiger charge is 2.32. The van der Waals surface area contributed by atoms with E-state index in [1.807, 2.05) is 66.7 Å². The number of carbonyl (C=O) groups excluding carboxylic acids is 1. The maximum absolute atomic E-state index is 12.7. The molecule has 0 unspecified atom stereocenters. The van der Waals surface area contributed by atoms with Gasteiger partial charge in [0.05, 0.1) is 18.1 Å². The summed E-state index contributed by atoms with van der Waals surface area (Å²) in [6, 6.07) is 24.6. The summed E-state index contributed by atoms with van der Waals surface area (Å²) < 4.78 is 5.59. The molecule has 0 aliphatic heterocycles. The Morgan fingerprint density at radius 1 is 0.909 bits per heavy atom. The number of aliphatic hydroxyl groups is 1. The first kappa shape index (κ1) is 22.6. The van der Waals surface area contributed by atoms with E-state index in [9.17, 15) is 19.8 Å². The molecule has 4 rings (SSSR count). The number of fused-ring (bicyclic) bond motifs is 3. The third-order valence-corrected chi connectivity index (χ3v) is 6.26. The number of amides is 1. The third-order valence-electron chi connectivity index (χ3n) is 6.26. The molecule has 0 aromatic heterocycles. The molecule has 1 amide bonds. The highest BCUT2D eigenvalue weighted by atomic mass is 16.5. The molecule has 1 aliphatic rings. The molecule has 3 N–H and O–H groups in total. The normalized spacial score (nSPS) is 15.1. The molecule has 6 heteroatoms. The Hall–Kier alpha value is -3.64. The first-order valence-electron chi connectivity index (χ1n) is 11.0. The standard InChI is InChI=1S/C27H27NO5/c1-17(26(30)31)25(29)24(15-18-9-3-2-4-10-18)28-27(32)33-16-23-21-13-7-5-11-19(21)20-12-6-8-14-22(20)23/h2-14,17,23-25,29H,15-16H2,1H3,(H,28,32)(H,30,31)/t17-,24+,25-/m0/s1. The number of carboxylic acid groups (broad SMARTS) is 1. The van der Waals surface area contributed by atoms with E-state index in [1.54, 1.807) is 0 Å². The van der Waals surface area contributed by atoms with Gasteiger partial charge in [0.2, 0.25) is 0 Å². The summed E-state index contributed by atoms with van der Waals surface area (Å²) in [5.41, 5.74) is 5.35. The van der Waals surface area contributed by atoms with Gasteiger partial charge < -0.3 is 20.3 Å². The lowest BCUT2D eigenvalue weighted by Gasteiger charge is -2.27. The molecule has 0 saturated carbocycles. The molecule has 170 valence electrons. The van der Waals surface area contributed by atoms with E-state index in [0.717, 1.165) is 27.8 Å². The van der Waals surface area contributed by atoms with Crippen LogP contribution in [0.5, 0.6) is 0 Å². The average molecular weight is 446 g/mol. The highest BCUT2D eigenvalue weighted by molar-refractivity contribution is 5.79. The summed E-state index contributed by atoms with van der Waals surface area (Å²) in [7, 11) is 0. The molecule has 3 aromatic rings. The maximum Gasteiger partial charge on any atom is 0.407 e. The second-order valence-corrected chi connectivity index (χ2v) is 8.38. The topological polar surface area (TPSA) is 95.9 Å². The van der Waals surface area contributed by atoms with E-state index < -0.39 is 30.1 Å². The van der Waals surface area contributed by atoms with E-state index in [0.29, 0.717) is 0 Å². The number of alkyl carbamates (subject to hydrolysis) is 1. The van der Waals surface area contributed by atoms with Gasteiger partial charge in [0.15, 0.2) is 0 Å². The lowest BCUT2D eigenvalue weighted by molar-refractivity contribution is -0.145. The van der Waals surface area contributed by atoms with Gasteiger partial charge in [0.1, 0.15) is 6.61 Å². The van der Waals surface area contributed by atoms with E-state index in [2.05, 4.69) is 17.4 Å². The van der Waals surface area contributed by atoms with Crippen LogP contribution in [0.15, 0.2) is 78.9 Å². The Morgan fingerprint density at radius 3 is 2.03 bits per heavy atom. The summed E-state index contributed by atoms with van der Waals surface area (Å²) in [5, 5.41) is 22.7. The van der Waals surface area contributed by atoms with E-state index in [4.69, 9.17) is 4.74 Å². The van der Waals surface area contributed by atoms with E-state index in [-0.39, 0.29) is 18.9 Å². The highest BCUT2D eigenvalue weighted by Crippen LogP contribution is 2.44. The van der Waals surface area contributed by atoms with Crippen molar-refractivity contribution < 1.29 is 24.5 Å². The van der Waals surface area contributed by atoms with Crippen LogP contribution in [0.3, 0.4) is 0 Å². The second-order valence-electron chi connectivity index (χ2n) is 8.38. The molecule has 3 aromatic carbocycles. The van der Waals surface area contributed by atoms with Crippen LogP contribution in [-0.2, 0) is 16.0 Å². The minimum Gasteiger partial charge on any atom is -0.481 e. The number of aliphatic carboxylic acids is 1. The molecule has 33 heavy (non-hydrogen) atoms. The van der Waals surface area contributed by atoms with Crippen LogP contribution in [0.4, 0.5) is 4.79 Å². The van der Waals surface area contributed by atoms with Gasteiger partial charge in [0, 0.05) is 5.92 Å². The van der Waals surface area contributed by atoms with Crippen molar-refractivity contribution in [1.29, 1.82) is 0 Å². The smallest absolute Gasteiger partial charge is 0.407 e. The molecular formula is C27H27NO5. The Balaban J connectivity index is 1.47.